The van der Waals surface area contributed by atoms with E-state index in [1.54, 1.807) is 0 Å². The van der Waals surface area contributed by atoms with Gasteiger partial charge >= 0.3 is 35.7 Å². The quantitative estimate of drug-likeness (QED) is 0.175. The fourth-order valence-corrected chi connectivity index (χ4v) is 0. The molecular weight excluding hydrogens is 285 g/mol. The first kappa shape index (κ1) is 23.5. The second-order valence-electron chi connectivity index (χ2n) is 1.11. The van der Waals surface area contributed by atoms with Crippen LogP contribution < -0.4 is 0 Å². The molecule has 0 atom stereocenters. The molecule has 0 saturated heterocycles. The van der Waals surface area contributed by atoms with E-state index in [-0.39, 0.29) is 45.1 Å². The summed E-state index contributed by atoms with van der Waals surface area (Å²) in [4.78, 5) is 50.9. The van der Waals surface area contributed by atoms with E-state index in [1.807, 2.05) is 0 Å². The minimum absolute atomic E-state index is 0. The van der Waals surface area contributed by atoms with E-state index in [0.29, 0.717) is 0 Å². The Hall–Kier alpha value is 1.65. The van der Waals surface area contributed by atoms with Crippen molar-refractivity contribution < 1.29 is 64.6 Å². The summed E-state index contributed by atoms with van der Waals surface area (Å²) < 4.78 is 8.88. The molecule has 0 radical (unpaired) electrons. The van der Waals surface area contributed by atoms with Crippen molar-refractivity contribution >= 4 is 35.7 Å². The predicted octanol–water partition coefficient (Wildman–Crippen LogP) is -4.19. The van der Waals surface area contributed by atoms with Gasteiger partial charge in [-0.25, -0.2) is 4.57 Å². The minimum Gasteiger partial charge on any atom is 0 e. The summed E-state index contributed by atoms with van der Waals surface area (Å²) >= 11 is 0. The standard InChI is InChI=1S/Li.H3O4P.H4O4Si.Zr.H/c;2*1-5(2,3)4;;/h;(H3,1,2,3,4);1-4H;;. The summed E-state index contributed by atoms with van der Waals surface area (Å²) in [6.45, 7) is 0. The van der Waals surface area contributed by atoms with E-state index in [1.165, 1.54) is 0 Å². The molecule has 0 amide bonds. The summed E-state index contributed by atoms with van der Waals surface area (Å²) in [5, 5.41) is 0. The Morgan fingerprint density at radius 3 is 0.917 bits per heavy atom. The Morgan fingerprint density at radius 1 is 0.917 bits per heavy atom. The zero-order valence-corrected chi connectivity index (χ0v) is 9.34. The zero-order chi connectivity index (χ0) is 9.00. The van der Waals surface area contributed by atoms with Crippen molar-refractivity contribution in [1.29, 1.82) is 0 Å². The Morgan fingerprint density at radius 2 is 0.917 bits per heavy atom. The van der Waals surface area contributed by atoms with Crippen molar-refractivity contribution in [3.63, 3.8) is 0 Å². The summed E-state index contributed by atoms with van der Waals surface area (Å²) in [6.07, 6.45) is 0. The van der Waals surface area contributed by atoms with E-state index >= 15 is 0 Å². The normalized spacial score (nSPS) is 9.92. The van der Waals surface area contributed by atoms with Crippen LogP contribution in [-0.4, -0.2) is 61.8 Å². The SMILES string of the molecule is O=P(O)(O)O.O[Si](O)(O)O.[LiH].[Zr]. The van der Waals surface area contributed by atoms with Gasteiger partial charge in [0.15, 0.2) is 0 Å². The molecule has 0 aromatic carbocycles. The molecule has 0 aliphatic heterocycles. The number of rotatable bonds is 0. The molecule has 70 valence electrons. The molecule has 0 heterocycles. The van der Waals surface area contributed by atoms with Gasteiger partial charge in [0.05, 0.1) is 0 Å². The third-order valence-corrected chi connectivity index (χ3v) is 0. The first-order valence-corrected chi connectivity index (χ1v) is 5.03. The summed E-state index contributed by atoms with van der Waals surface area (Å²) in [7, 11) is -9.25. The molecule has 12 heavy (non-hydrogen) atoms. The van der Waals surface area contributed by atoms with Crippen LogP contribution in [0.3, 0.4) is 0 Å². The maximum Gasteiger partial charge on any atom is 0 e. The number of hydrogen-bond acceptors (Lipinski definition) is 5. The van der Waals surface area contributed by atoms with Crippen LogP contribution in [-0.2, 0) is 30.8 Å². The molecule has 0 aliphatic carbocycles. The monoisotopic (exact) mass is 292 g/mol. The molecule has 0 fully saturated rings. The number of hydrogen-bond donors (Lipinski definition) is 7. The minimum atomic E-state index is -4.64. The van der Waals surface area contributed by atoms with Gasteiger partial charge in [0.25, 0.3) is 0 Å². The van der Waals surface area contributed by atoms with Gasteiger partial charge in [0.1, 0.15) is 0 Å². The van der Waals surface area contributed by atoms with Crippen molar-refractivity contribution in [1.82, 2.24) is 0 Å². The molecular formula is H8LiO8PSiZr. The summed E-state index contributed by atoms with van der Waals surface area (Å²) in [5.74, 6) is 0. The molecule has 7 N–H and O–H groups in total. The van der Waals surface area contributed by atoms with Gasteiger partial charge < -0.3 is 33.9 Å². The maximum absolute atomic E-state index is 8.88. The largest absolute Gasteiger partial charge is 0 e. The van der Waals surface area contributed by atoms with Gasteiger partial charge in [-0.3, -0.25) is 0 Å². The van der Waals surface area contributed by atoms with Crippen LogP contribution in [0.1, 0.15) is 0 Å². The second-order valence-corrected chi connectivity index (χ2v) is 3.34. The summed E-state index contributed by atoms with van der Waals surface area (Å²) in [5.41, 5.74) is 0. The van der Waals surface area contributed by atoms with Gasteiger partial charge in [-0.1, -0.05) is 0 Å². The van der Waals surface area contributed by atoms with Crippen molar-refractivity contribution in [3.8, 4) is 0 Å². The van der Waals surface area contributed by atoms with Crippen LogP contribution in [0.15, 0.2) is 0 Å². The molecule has 0 aromatic rings. The predicted molar refractivity (Wildman–Crippen MR) is 36.0 cm³/mol. The zero-order valence-electron chi connectivity index (χ0n) is 4.99. The molecule has 0 bridgehead atoms. The van der Waals surface area contributed by atoms with Gasteiger partial charge in [-0.2, -0.15) is 0 Å². The fraction of sp³-hybridized carbons (Fsp3) is 0. The molecule has 0 rings (SSSR count). The second kappa shape index (κ2) is 9.21. The summed E-state index contributed by atoms with van der Waals surface area (Å²) in [6, 6.07) is 0. The van der Waals surface area contributed by atoms with Crippen LogP contribution in [0.2, 0.25) is 0 Å². The molecule has 8 nitrogen and oxygen atoms in total. The van der Waals surface area contributed by atoms with Crippen LogP contribution in [0.25, 0.3) is 0 Å². The maximum atomic E-state index is 8.88. The van der Waals surface area contributed by atoms with Crippen molar-refractivity contribution in [2.24, 2.45) is 0 Å². The first-order chi connectivity index (χ1) is 4.00. The average molecular weight is 293 g/mol. The van der Waals surface area contributed by atoms with E-state index in [9.17, 15) is 0 Å². The van der Waals surface area contributed by atoms with Crippen LogP contribution >= 0.6 is 7.82 Å². The Kier molecular flexibility index (Phi) is 18.0. The van der Waals surface area contributed by atoms with Crippen LogP contribution in [0, 0.1) is 0 Å². The first-order valence-electron chi connectivity index (χ1n) is 1.68. The van der Waals surface area contributed by atoms with Crippen molar-refractivity contribution in [3.05, 3.63) is 0 Å². The van der Waals surface area contributed by atoms with E-state index in [4.69, 9.17) is 38.4 Å². The smallest absolute Gasteiger partial charge is 0 e. The Balaban J connectivity index is -0.0000000457. The van der Waals surface area contributed by atoms with Gasteiger partial charge in [0, 0.05) is 26.2 Å². The van der Waals surface area contributed by atoms with Gasteiger partial charge in [0.2, 0.25) is 0 Å². The van der Waals surface area contributed by atoms with E-state index in [2.05, 4.69) is 0 Å². The fourth-order valence-electron chi connectivity index (χ4n) is 0. The van der Waals surface area contributed by atoms with E-state index in [0.717, 1.165) is 0 Å². The van der Waals surface area contributed by atoms with Gasteiger partial charge in [-0.15, -0.1) is 0 Å². The number of phosphoric acid groups is 1. The third-order valence-electron chi connectivity index (χ3n) is 0. The van der Waals surface area contributed by atoms with Crippen LogP contribution in [0.4, 0.5) is 0 Å². The third kappa shape index (κ3) is 487. The molecule has 0 spiro atoms. The molecule has 0 aromatic heterocycles. The van der Waals surface area contributed by atoms with Gasteiger partial charge in [-0.05, 0) is 0 Å². The van der Waals surface area contributed by atoms with Crippen molar-refractivity contribution in [2.45, 2.75) is 0 Å². The average Bonchev–Trinajstić information content (AvgIpc) is 1.12. The van der Waals surface area contributed by atoms with Crippen molar-refractivity contribution in [2.75, 3.05) is 0 Å². The van der Waals surface area contributed by atoms with E-state index < -0.39 is 16.9 Å². The Labute approximate surface area is 99.9 Å². The topological polar surface area (TPSA) is 159 Å². The molecule has 0 aliphatic rings. The molecule has 0 unspecified atom stereocenters. The molecule has 0 saturated carbocycles. The van der Waals surface area contributed by atoms with Crippen LogP contribution in [0.5, 0.6) is 0 Å². The Bertz CT molecular complexity index is 111. The molecule has 12 heteroatoms.